The molecule has 0 radical (unpaired) electrons. The fourth-order valence-corrected chi connectivity index (χ4v) is 1.68. The molecule has 0 saturated carbocycles. The lowest BCUT2D eigenvalue weighted by Gasteiger charge is -2.09. The summed E-state index contributed by atoms with van der Waals surface area (Å²) in [7, 11) is 3.27. The van der Waals surface area contributed by atoms with Gasteiger partial charge in [-0.25, -0.2) is 0 Å². The fourth-order valence-electron chi connectivity index (χ4n) is 1.68. The van der Waals surface area contributed by atoms with E-state index >= 15 is 0 Å². The van der Waals surface area contributed by atoms with Crippen molar-refractivity contribution in [1.29, 1.82) is 0 Å². The maximum atomic E-state index is 11.9. The molecule has 0 aliphatic rings. The third-order valence-electron chi connectivity index (χ3n) is 2.75. The predicted octanol–water partition coefficient (Wildman–Crippen LogP) is 0.969. The number of rotatable bonds is 8. The Balaban J connectivity index is 2.37. The summed E-state index contributed by atoms with van der Waals surface area (Å²) in [5.41, 5.74) is 1.59. The maximum Gasteiger partial charge on any atom is 0.251 e. The van der Waals surface area contributed by atoms with Crippen molar-refractivity contribution < 1.29 is 14.3 Å². The first-order valence-electron chi connectivity index (χ1n) is 6.31. The zero-order valence-corrected chi connectivity index (χ0v) is 11.8. The average molecular weight is 266 g/mol. The zero-order chi connectivity index (χ0) is 14.1. The number of nitrogens with one attached hydrogen (secondary N) is 2. The highest BCUT2D eigenvalue weighted by Gasteiger charge is 2.08. The number of benzene rings is 1. The molecule has 0 atom stereocenters. The van der Waals surface area contributed by atoms with Gasteiger partial charge in [0.1, 0.15) is 5.75 Å². The van der Waals surface area contributed by atoms with Gasteiger partial charge in [0.05, 0.1) is 13.7 Å². The number of carbonyl (C=O) groups is 1. The van der Waals surface area contributed by atoms with E-state index < -0.39 is 0 Å². The standard InChI is InChI=1S/C14H22N2O3/c1-11-10-12(19-3)4-5-13(11)14(17)16-7-6-15-8-9-18-2/h4-5,10,15H,6-9H2,1-3H3,(H,16,17). The molecule has 0 unspecified atom stereocenters. The van der Waals surface area contributed by atoms with E-state index in [4.69, 9.17) is 9.47 Å². The summed E-state index contributed by atoms with van der Waals surface area (Å²) in [6, 6.07) is 5.42. The second kappa shape index (κ2) is 8.50. The Bertz CT molecular complexity index is 408. The zero-order valence-electron chi connectivity index (χ0n) is 11.8. The van der Waals surface area contributed by atoms with Gasteiger partial charge in [0.25, 0.3) is 5.91 Å². The summed E-state index contributed by atoms with van der Waals surface area (Å²) in [6.07, 6.45) is 0. The van der Waals surface area contributed by atoms with Crippen molar-refractivity contribution in [3.05, 3.63) is 29.3 Å². The molecule has 106 valence electrons. The number of carbonyl (C=O) groups excluding carboxylic acids is 1. The van der Waals surface area contributed by atoms with Crippen LogP contribution in [0, 0.1) is 6.92 Å². The molecular weight excluding hydrogens is 244 g/mol. The number of hydrogen-bond acceptors (Lipinski definition) is 4. The molecule has 0 bridgehead atoms. The maximum absolute atomic E-state index is 11.9. The predicted molar refractivity (Wildman–Crippen MR) is 74.8 cm³/mol. The van der Waals surface area contributed by atoms with Crippen LogP contribution in [0.1, 0.15) is 15.9 Å². The molecule has 1 rings (SSSR count). The van der Waals surface area contributed by atoms with E-state index in [1.54, 1.807) is 26.4 Å². The topological polar surface area (TPSA) is 59.6 Å². The fraction of sp³-hybridized carbons (Fsp3) is 0.500. The molecule has 1 amide bonds. The second-order valence-electron chi connectivity index (χ2n) is 4.18. The Morgan fingerprint density at radius 2 is 2.00 bits per heavy atom. The summed E-state index contributed by atoms with van der Waals surface area (Å²) in [6.45, 7) is 4.67. The van der Waals surface area contributed by atoms with E-state index in [-0.39, 0.29) is 5.91 Å². The first-order chi connectivity index (χ1) is 9.19. The van der Waals surface area contributed by atoms with E-state index in [1.807, 2.05) is 13.0 Å². The van der Waals surface area contributed by atoms with Crippen LogP contribution in [0.4, 0.5) is 0 Å². The second-order valence-corrected chi connectivity index (χ2v) is 4.18. The monoisotopic (exact) mass is 266 g/mol. The van der Waals surface area contributed by atoms with Crippen LogP contribution in [0.2, 0.25) is 0 Å². The van der Waals surface area contributed by atoms with Crippen molar-refractivity contribution >= 4 is 5.91 Å². The van der Waals surface area contributed by atoms with Gasteiger partial charge in [0, 0.05) is 32.3 Å². The Labute approximate surface area is 114 Å². The molecular formula is C14H22N2O3. The van der Waals surface area contributed by atoms with Gasteiger partial charge >= 0.3 is 0 Å². The molecule has 5 heteroatoms. The highest BCUT2D eigenvalue weighted by atomic mass is 16.5. The number of ether oxygens (including phenoxy) is 2. The Kier molecular flexibility index (Phi) is 6.92. The quantitative estimate of drug-likeness (QED) is 0.688. The Morgan fingerprint density at radius 1 is 1.21 bits per heavy atom. The van der Waals surface area contributed by atoms with E-state index in [0.717, 1.165) is 24.4 Å². The average Bonchev–Trinajstić information content (AvgIpc) is 2.42. The lowest BCUT2D eigenvalue weighted by molar-refractivity contribution is 0.0953. The lowest BCUT2D eigenvalue weighted by atomic mass is 10.1. The van der Waals surface area contributed by atoms with E-state index in [2.05, 4.69) is 10.6 Å². The molecule has 0 aromatic heterocycles. The van der Waals surface area contributed by atoms with Gasteiger partial charge in [-0.05, 0) is 30.7 Å². The molecule has 19 heavy (non-hydrogen) atoms. The van der Waals surface area contributed by atoms with Crippen LogP contribution in [0.5, 0.6) is 5.75 Å². The van der Waals surface area contributed by atoms with Crippen molar-refractivity contribution in [2.75, 3.05) is 40.5 Å². The molecule has 1 aromatic rings. The third kappa shape index (κ3) is 5.28. The Morgan fingerprint density at radius 3 is 2.63 bits per heavy atom. The number of aryl methyl sites for hydroxylation is 1. The van der Waals surface area contributed by atoms with Gasteiger partial charge in [0.15, 0.2) is 0 Å². The van der Waals surface area contributed by atoms with Crippen LogP contribution in [0.15, 0.2) is 18.2 Å². The van der Waals surface area contributed by atoms with Crippen LogP contribution in [-0.2, 0) is 4.74 Å². The molecule has 2 N–H and O–H groups in total. The minimum atomic E-state index is -0.0614. The van der Waals surface area contributed by atoms with Crippen LogP contribution in [-0.4, -0.2) is 46.4 Å². The SMILES string of the molecule is COCCNCCNC(=O)c1ccc(OC)cc1C. The molecule has 0 spiro atoms. The molecule has 0 heterocycles. The third-order valence-corrected chi connectivity index (χ3v) is 2.75. The van der Waals surface area contributed by atoms with Crippen molar-refractivity contribution in [3.63, 3.8) is 0 Å². The minimum absolute atomic E-state index is 0.0614. The van der Waals surface area contributed by atoms with E-state index in [1.165, 1.54) is 0 Å². The molecule has 5 nitrogen and oxygen atoms in total. The van der Waals surface area contributed by atoms with Gasteiger partial charge in [-0.2, -0.15) is 0 Å². The smallest absolute Gasteiger partial charge is 0.251 e. The summed E-state index contributed by atoms with van der Waals surface area (Å²) < 4.78 is 10.0. The van der Waals surface area contributed by atoms with Gasteiger partial charge in [-0.15, -0.1) is 0 Å². The largest absolute Gasteiger partial charge is 0.497 e. The molecule has 0 fully saturated rings. The minimum Gasteiger partial charge on any atom is -0.497 e. The molecule has 0 saturated heterocycles. The highest BCUT2D eigenvalue weighted by molar-refractivity contribution is 5.95. The summed E-state index contributed by atoms with van der Waals surface area (Å²) in [5, 5.41) is 6.04. The summed E-state index contributed by atoms with van der Waals surface area (Å²) >= 11 is 0. The number of methoxy groups -OCH3 is 2. The van der Waals surface area contributed by atoms with Gasteiger partial charge in [0.2, 0.25) is 0 Å². The summed E-state index contributed by atoms with van der Waals surface area (Å²) in [4.78, 5) is 11.9. The number of amides is 1. The van der Waals surface area contributed by atoms with Crippen LogP contribution < -0.4 is 15.4 Å². The van der Waals surface area contributed by atoms with Gasteiger partial charge in [-0.1, -0.05) is 0 Å². The van der Waals surface area contributed by atoms with Crippen molar-refractivity contribution in [2.45, 2.75) is 6.92 Å². The highest BCUT2D eigenvalue weighted by Crippen LogP contribution is 2.16. The van der Waals surface area contributed by atoms with Gasteiger partial charge < -0.3 is 20.1 Å². The lowest BCUT2D eigenvalue weighted by Crippen LogP contribution is -2.33. The van der Waals surface area contributed by atoms with Gasteiger partial charge in [-0.3, -0.25) is 4.79 Å². The van der Waals surface area contributed by atoms with Crippen molar-refractivity contribution in [2.24, 2.45) is 0 Å². The van der Waals surface area contributed by atoms with E-state index in [0.29, 0.717) is 18.7 Å². The normalized spacial score (nSPS) is 10.3. The van der Waals surface area contributed by atoms with Crippen LogP contribution in [0.25, 0.3) is 0 Å². The Hall–Kier alpha value is -1.59. The van der Waals surface area contributed by atoms with Crippen molar-refractivity contribution in [3.8, 4) is 5.75 Å². The molecule has 0 aliphatic carbocycles. The molecule has 1 aromatic carbocycles. The molecule has 0 aliphatic heterocycles. The van der Waals surface area contributed by atoms with Crippen LogP contribution in [0.3, 0.4) is 0 Å². The first-order valence-corrected chi connectivity index (χ1v) is 6.31. The summed E-state index contributed by atoms with van der Waals surface area (Å²) in [5.74, 6) is 0.698. The van der Waals surface area contributed by atoms with Crippen molar-refractivity contribution in [1.82, 2.24) is 10.6 Å². The first kappa shape index (κ1) is 15.5. The van der Waals surface area contributed by atoms with E-state index in [9.17, 15) is 4.79 Å². The van der Waals surface area contributed by atoms with Crippen LogP contribution >= 0.6 is 0 Å². The number of hydrogen-bond donors (Lipinski definition) is 2.